The van der Waals surface area contributed by atoms with Crippen molar-refractivity contribution in [2.45, 2.75) is 19.9 Å². The fraction of sp³-hybridized carbons (Fsp3) is 0.238. The number of carbonyl (C=O) groups is 1. The molecule has 1 amide bonds. The van der Waals surface area contributed by atoms with Crippen molar-refractivity contribution in [1.82, 2.24) is 30.0 Å². The molecule has 8 heteroatoms. The summed E-state index contributed by atoms with van der Waals surface area (Å²) in [6, 6.07) is 15.0. The summed E-state index contributed by atoms with van der Waals surface area (Å²) >= 11 is 0. The van der Waals surface area contributed by atoms with E-state index in [1.54, 1.807) is 17.2 Å². The van der Waals surface area contributed by atoms with E-state index in [1.165, 1.54) is 0 Å². The van der Waals surface area contributed by atoms with Crippen molar-refractivity contribution in [3.63, 3.8) is 0 Å². The lowest BCUT2D eigenvalue weighted by Gasteiger charge is -2.20. The zero-order valence-electron chi connectivity index (χ0n) is 16.2. The first-order chi connectivity index (χ1) is 14.1. The summed E-state index contributed by atoms with van der Waals surface area (Å²) in [4.78, 5) is 20.5. The molecule has 2 aromatic heterocycles. The third-order valence-electron chi connectivity index (χ3n) is 4.61. The van der Waals surface area contributed by atoms with Gasteiger partial charge in [-0.05, 0) is 30.2 Å². The van der Waals surface area contributed by atoms with Crippen LogP contribution in [-0.2, 0) is 4.79 Å². The van der Waals surface area contributed by atoms with Gasteiger partial charge in [0.2, 0.25) is 0 Å². The zero-order chi connectivity index (χ0) is 20.2. The lowest BCUT2D eigenvalue weighted by molar-refractivity contribution is -0.124. The fourth-order valence-corrected chi connectivity index (χ4v) is 3.15. The number of ether oxygens (including phenoxy) is 1. The molecule has 2 aromatic carbocycles. The Morgan fingerprint density at radius 3 is 2.59 bits per heavy atom. The molecule has 0 aliphatic carbocycles. The molecule has 4 aromatic rings. The van der Waals surface area contributed by atoms with Crippen LogP contribution in [0.15, 0.2) is 61.2 Å². The number of hydrogen-bond donors (Lipinski definition) is 2. The molecule has 1 atom stereocenters. The van der Waals surface area contributed by atoms with Crippen LogP contribution in [0.3, 0.4) is 0 Å². The van der Waals surface area contributed by atoms with E-state index in [2.05, 4.69) is 25.5 Å². The minimum atomic E-state index is -0.244. The van der Waals surface area contributed by atoms with E-state index in [9.17, 15) is 4.79 Å². The van der Waals surface area contributed by atoms with Crippen LogP contribution in [0.25, 0.3) is 16.7 Å². The number of aromatic amines is 1. The van der Waals surface area contributed by atoms with Gasteiger partial charge in [0.15, 0.2) is 6.61 Å². The molecule has 8 nitrogen and oxygen atoms in total. The van der Waals surface area contributed by atoms with Gasteiger partial charge < -0.3 is 15.0 Å². The van der Waals surface area contributed by atoms with Gasteiger partial charge in [0.1, 0.15) is 24.2 Å². The summed E-state index contributed by atoms with van der Waals surface area (Å²) < 4.78 is 7.51. The SMILES string of the molecule is CC(C)[C@@H](NC(=O)COc1ccccc1-n1cnnc1)c1nc2ccccc2[nH]1. The molecular weight excluding hydrogens is 368 g/mol. The first kappa shape index (κ1) is 18.7. The molecule has 29 heavy (non-hydrogen) atoms. The fourth-order valence-electron chi connectivity index (χ4n) is 3.15. The molecule has 0 aliphatic heterocycles. The molecule has 148 valence electrons. The summed E-state index contributed by atoms with van der Waals surface area (Å²) in [6.45, 7) is 3.98. The highest BCUT2D eigenvalue weighted by Crippen LogP contribution is 2.23. The normalized spacial score (nSPS) is 12.2. The molecule has 0 aliphatic rings. The first-order valence-corrected chi connectivity index (χ1v) is 9.42. The molecule has 0 spiro atoms. The van der Waals surface area contributed by atoms with E-state index in [1.807, 2.05) is 62.4 Å². The van der Waals surface area contributed by atoms with Crippen molar-refractivity contribution >= 4 is 16.9 Å². The number of aromatic nitrogens is 5. The summed E-state index contributed by atoms with van der Waals surface area (Å²) in [5, 5.41) is 10.7. The summed E-state index contributed by atoms with van der Waals surface area (Å²) in [7, 11) is 0. The molecule has 0 radical (unpaired) electrons. The molecular formula is C21H22N6O2. The van der Waals surface area contributed by atoms with Crippen LogP contribution in [0.2, 0.25) is 0 Å². The lowest BCUT2D eigenvalue weighted by atomic mass is 10.0. The van der Waals surface area contributed by atoms with Crippen molar-refractivity contribution < 1.29 is 9.53 Å². The number of imidazole rings is 1. The maximum atomic E-state index is 12.6. The quantitative estimate of drug-likeness (QED) is 0.505. The summed E-state index contributed by atoms with van der Waals surface area (Å²) in [5.74, 6) is 1.25. The van der Waals surface area contributed by atoms with Gasteiger partial charge in [-0.1, -0.05) is 38.1 Å². The molecule has 0 saturated carbocycles. The predicted octanol–water partition coefficient (Wildman–Crippen LogP) is 3.04. The van der Waals surface area contributed by atoms with Crippen molar-refractivity contribution in [2.24, 2.45) is 5.92 Å². The molecule has 0 unspecified atom stereocenters. The Labute approximate surface area is 167 Å². The number of rotatable bonds is 7. The number of nitrogens with zero attached hydrogens (tertiary/aromatic N) is 4. The Balaban J connectivity index is 1.46. The van der Waals surface area contributed by atoms with Crippen LogP contribution in [0.4, 0.5) is 0 Å². The largest absolute Gasteiger partial charge is 0.482 e. The highest BCUT2D eigenvalue weighted by atomic mass is 16.5. The van der Waals surface area contributed by atoms with E-state index >= 15 is 0 Å². The van der Waals surface area contributed by atoms with Gasteiger partial charge in [0.05, 0.1) is 22.8 Å². The second-order valence-corrected chi connectivity index (χ2v) is 7.05. The smallest absolute Gasteiger partial charge is 0.258 e. The van der Waals surface area contributed by atoms with Crippen molar-refractivity contribution in [3.8, 4) is 11.4 Å². The monoisotopic (exact) mass is 390 g/mol. The number of amides is 1. The number of hydrogen-bond acceptors (Lipinski definition) is 5. The second kappa shape index (κ2) is 8.14. The second-order valence-electron chi connectivity index (χ2n) is 7.05. The highest BCUT2D eigenvalue weighted by molar-refractivity contribution is 5.79. The Kier molecular flexibility index (Phi) is 5.24. The third kappa shape index (κ3) is 4.11. The van der Waals surface area contributed by atoms with Crippen molar-refractivity contribution in [2.75, 3.05) is 6.61 Å². The maximum Gasteiger partial charge on any atom is 0.258 e. The van der Waals surface area contributed by atoms with Gasteiger partial charge in [-0.25, -0.2) is 4.98 Å². The average Bonchev–Trinajstić information content (AvgIpc) is 3.40. The van der Waals surface area contributed by atoms with Crippen LogP contribution < -0.4 is 10.1 Å². The van der Waals surface area contributed by atoms with Gasteiger partial charge in [-0.2, -0.15) is 0 Å². The molecule has 0 fully saturated rings. The molecule has 4 rings (SSSR count). The van der Waals surface area contributed by atoms with Gasteiger partial charge in [0.25, 0.3) is 5.91 Å². The first-order valence-electron chi connectivity index (χ1n) is 9.42. The van der Waals surface area contributed by atoms with Crippen molar-refractivity contribution in [1.29, 1.82) is 0 Å². The average molecular weight is 390 g/mol. The molecule has 0 bridgehead atoms. The topological polar surface area (TPSA) is 97.7 Å². The standard InChI is InChI=1S/C21H22N6O2/c1-14(2)20(21-24-15-7-3-4-8-16(15)25-21)26-19(28)11-29-18-10-6-5-9-17(18)27-12-22-23-13-27/h3-10,12-14,20H,11H2,1-2H3,(H,24,25)(H,26,28)/t20-/m1/s1. The van der Waals surface area contributed by atoms with E-state index in [4.69, 9.17) is 4.74 Å². The number of nitrogens with one attached hydrogen (secondary N) is 2. The number of fused-ring (bicyclic) bond motifs is 1. The number of benzene rings is 2. The van der Waals surface area contributed by atoms with Gasteiger partial charge in [-0.15, -0.1) is 10.2 Å². The van der Waals surface area contributed by atoms with Crippen LogP contribution in [0, 0.1) is 5.92 Å². The Morgan fingerprint density at radius 2 is 1.83 bits per heavy atom. The van der Waals surface area contributed by atoms with Crippen LogP contribution in [-0.4, -0.2) is 37.2 Å². The van der Waals surface area contributed by atoms with Gasteiger partial charge in [0, 0.05) is 0 Å². The maximum absolute atomic E-state index is 12.6. The number of para-hydroxylation sites is 4. The van der Waals surface area contributed by atoms with Gasteiger partial charge in [-0.3, -0.25) is 9.36 Å². The number of carbonyl (C=O) groups excluding carboxylic acids is 1. The summed E-state index contributed by atoms with van der Waals surface area (Å²) in [5.41, 5.74) is 2.59. The zero-order valence-corrected chi connectivity index (χ0v) is 16.2. The van der Waals surface area contributed by atoms with Crippen molar-refractivity contribution in [3.05, 3.63) is 67.0 Å². The Bertz CT molecular complexity index is 1070. The predicted molar refractivity (Wildman–Crippen MR) is 109 cm³/mol. The van der Waals surface area contributed by atoms with Crippen LogP contribution in [0.1, 0.15) is 25.7 Å². The van der Waals surface area contributed by atoms with Crippen LogP contribution in [0.5, 0.6) is 5.75 Å². The molecule has 2 N–H and O–H groups in total. The minimum absolute atomic E-state index is 0.109. The van der Waals surface area contributed by atoms with Crippen LogP contribution >= 0.6 is 0 Å². The van der Waals surface area contributed by atoms with Gasteiger partial charge >= 0.3 is 0 Å². The molecule has 0 saturated heterocycles. The summed E-state index contributed by atoms with van der Waals surface area (Å²) in [6.07, 6.45) is 3.16. The highest BCUT2D eigenvalue weighted by Gasteiger charge is 2.22. The Morgan fingerprint density at radius 1 is 1.10 bits per heavy atom. The van der Waals surface area contributed by atoms with E-state index < -0.39 is 0 Å². The minimum Gasteiger partial charge on any atom is -0.482 e. The lowest BCUT2D eigenvalue weighted by Crippen LogP contribution is -2.35. The Hall–Kier alpha value is -3.68. The number of H-pyrrole nitrogens is 1. The van der Waals surface area contributed by atoms with E-state index in [0.717, 1.165) is 22.5 Å². The molecule has 2 heterocycles. The third-order valence-corrected chi connectivity index (χ3v) is 4.61. The van der Waals surface area contributed by atoms with E-state index in [-0.39, 0.29) is 24.5 Å². The van der Waals surface area contributed by atoms with E-state index in [0.29, 0.717) is 5.75 Å².